The number of sulfonamides is 1. The monoisotopic (exact) mass is 376 g/mol. The molecule has 140 valence electrons. The first-order valence-electron chi connectivity index (χ1n) is 8.36. The number of nitrogens with zero attached hydrogens (tertiary/aromatic N) is 1. The van der Waals surface area contributed by atoms with Crippen LogP contribution in [0.2, 0.25) is 0 Å². The Labute approximate surface area is 154 Å². The van der Waals surface area contributed by atoms with Crippen LogP contribution in [0.1, 0.15) is 25.5 Å². The Kier molecular flexibility index (Phi) is 6.63. The molecule has 0 radical (unpaired) electrons. The Hall–Kier alpha value is -2.54. The number of methoxy groups -OCH3 is 1. The van der Waals surface area contributed by atoms with Crippen LogP contribution >= 0.6 is 0 Å². The summed E-state index contributed by atoms with van der Waals surface area (Å²) < 4.78 is 31.1. The van der Waals surface area contributed by atoms with Crippen LogP contribution in [0.15, 0.2) is 54.6 Å². The van der Waals surface area contributed by atoms with E-state index in [2.05, 4.69) is 5.32 Å². The molecule has 6 nitrogen and oxygen atoms in total. The Balaban J connectivity index is 2.17. The summed E-state index contributed by atoms with van der Waals surface area (Å²) in [5.74, 6) is 0.152. The highest BCUT2D eigenvalue weighted by Crippen LogP contribution is 2.22. The molecule has 0 aliphatic heterocycles. The summed E-state index contributed by atoms with van der Waals surface area (Å²) >= 11 is 0. The molecule has 0 saturated heterocycles. The average molecular weight is 376 g/mol. The van der Waals surface area contributed by atoms with Crippen LogP contribution in [0.25, 0.3) is 0 Å². The van der Waals surface area contributed by atoms with Gasteiger partial charge < -0.3 is 10.1 Å². The van der Waals surface area contributed by atoms with Crippen LogP contribution in [-0.2, 0) is 14.8 Å². The van der Waals surface area contributed by atoms with Crippen LogP contribution in [0.3, 0.4) is 0 Å². The van der Waals surface area contributed by atoms with E-state index in [4.69, 9.17) is 4.74 Å². The van der Waals surface area contributed by atoms with Gasteiger partial charge in [-0.15, -0.1) is 0 Å². The van der Waals surface area contributed by atoms with E-state index in [0.717, 1.165) is 9.87 Å². The molecule has 0 saturated carbocycles. The highest BCUT2D eigenvalue weighted by molar-refractivity contribution is 7.92. The van der Waals surface area contributed by atoms with Gasteiger partial charge in [-0.05, 0) is 43.7 Å². The first kappa shape index (κ1) is 19.8. The van der Waals surface area contributed by atoms with Crippen molar-refractivity contribution >= 4 is 21.6 Å². The molecule has 1 amide bonds. The predicted octanol–water partition coefficient (Wildman–Crippen LogP) is 2.73. The second-order valence-electron chi connectivity index (χ2n) is 5.81. The van der Waals surface area contributed by atoms with Gasteiger partial charge in [0.25, 0.3) is 0 Å². The normalized spacial score (nSPS) is 12.3. The summed E-state index contributed by atoms with van der Waals surface area (Å²) in [5.41, 5.74) is 1.38. The van der Waals surface area contributed by atoms with Gasteiger partial charge in [-0.1, -0.05) is 30.3 Å². The fraction of sp³-hybridized carbons (Fsp3) is 0.316. The molecule has 2 rings (SSSR count). The van der Waals surface area contributed by atoms with Crippen molar-refractivity contribution in [1.29, 1.82) is 0 Å². The number of rotatable bonds is 8. The van der Waals surface area contributed by atoms with Crippen molar-refractivity contribution in [1.82, 2.24) is 5.32 Å². The summed E-state index contributed by atoms with van der Waals surface area (Å²) in [6, 6.07) is 15.9. The first-order chi connectivity index (χ1) is 12.4. The average Bonchev–Trinajstić information content (AvgIpc) is 2.66. The highest BCUT2D eigenvalue weighted by Gasteiger charge is 2.24. The van der Waals surface area contributed by atoms with Crippen LogP contribution < -0.4 is 14.4 Å². The first-order valence-corrected chi connectivity index (χ1v) is 9.97. The van der Waals surface area contributed by atoms with Crippen molar-refractivity contribution in [2.45, 2.75) is 19.9 Å². The zero-order valence-electron chi connectivity index (χ0n) is 15.2. The van der Waals surface area contributed by atoms with Crippen LogP contribution in [0.4, 0.5) is 5.69 Å². The smallest absolute Gasteiger partial charge is 0.241 e. The lowest BCUT2D eigenvalue weighted by Crippen LogP contribution is -2.42. The van der Waals surface area contributed by atoms with Gasteiger partial charge in [-0.3, -0.25) is 9.10 Å². The number of hydrogen-bond acceptors (Lipinski definition) is 4. The Bertz CT molecular complexity index is 820. The van der Waals surface area contributed by atoms with E-state index >= 15 is 0 Å². The number of anilines is 1. The fourth-order valence-corrected chi connectivity index (χ4v) is 3.57. The molecule has 26 heavy (non-hydrogen) atoms. The molecule has 0 fully saturated rings. The summed E-state index contributed by atoms with van der Waals surface area (Å²) in [7, 11) is -2.06. The maximum absolute atomic E-state index is 12.5. The molecule has 0 aliphatic carbocycles. The van der Waals surface area contributed by atoms with Crippen molar-refractivity contribution in [2.75, 3.05) is 23.7 Å². The maximum Gasteiger partial charge on any atom is 0.241 e. The number of ether oxygens (including phenoxy) is 1. The van der Waals surface area contributed by atoms with Crippen molar-refractivity contribution in [3.05, 3.63) is 60.2 Å². The van der Waals surface area contributed by atoms with E-state index in [1.807, 2.05) is 37.3 Å². The third-order valence-corrected chi connectivity index (χ3v) is 5.77. The SMILES string of the molecule is CCS(=O)(=O)N(CC(=O)N[C@H](C)c1ccccc1)c1ccc(OC)cc1. The maximum atomic E-state index is 12.5. The van der Waals surface area contributed by atoms with Gasteiger partial charge in [-0.2, -0.15) is 0 Å². The molecule has 0 heterocycles. The fourth-order valence-electron chi connectivity index (χ4n) is 2.50. The van der Waals surface area contributed by atoms with Crippen molar-refractivity contribution in [3.63, 3.8) is 0 Å². The van der Waals surface area contributed by atoms with E-state index < -0.39 is 10.0 Å². The van der Waals surface area contributed by atoms with Gasteiger partial charge in [0.2, 0.25) is 15.9 Å². The number of hydrogen-bond donors (Lipinski definition) is 1. The molecule has 2 aromatic carbocycles. The molecule has 0 bridgehead atoms. The quantitative estimate of drug-likeness (QED) is 0.769. The number of amides is 1. The standard InChI is InChI=1S/C19H24N2O4S/c1-4-26(23,24)21(17-10-12-18(25-3)13-11-17)14-19(22)20-15(2)16-8-6-5-7-9-16/h5-13,15H,4,14H2,1-3H3,(H,20,22)/t15-/m1/s1. The molecular formula is C19H24N2O4S. The lowest BCUT2D eigenvalue weighted by atomic mass is 10.1. The van der Waals surface area contributed by atoms with Crippen molar-refractivity contribution in [2.24, 2.45) is 0 Å². The van der Waals surface area contributed by atoms with E-state index in [0.29, 0.717) is 11.4 Å². The van der Waals surface area contributed by atoms with E-state index in [-0.39, 0.29) is 24.2 Å². The molecule has 0 unspecified atom stereocenters. The van der Waals surface area contributed by atoms with E-state index in [1.165, 1.54) is 7.11 Å². The number of carbonyl (C=O) groups excluding carboxylic acids is 1. The molecule has 2 aromatic rings. The molecule has 7 heteroatoms. The van der Waals surface area contributed by atoms with Gasteiger partial charge >= 0.3 is 0 Å². The topological polar surface area (TPSA) is 75.7 Å². The molecular weight excluding hydrogens is 352 g/mol. The molecule has 1 N–H and O–H groups in total. The summed E-state index contributed by atoms with van der Waals surface area (Å²) in [6.07, 6.45) is 0. The lowest BCUT2D eigenvalue weighted by molar-refractivity contribution is -0.120. The van der Waals surface area contributed by atoms with Gasteiger partial charge in [-0.25, -0.2) is 8.42 Å². The molecule has 1 atom stereocenters. The van der Waals surface area contributed by atoms with E-state index in [9.17, 15) is 13.2 Å². The lowest BCUT2D eigenvalue weighted by Gasteiger charge is -2.24. The number of carbonyl (C=O) groups is 1. The predicted molar refractivity (Wildman–Crippen MR) is 103 cm³/mol. The van der Waals surface area contributed by atoms with Crippen LogP contribution in [-0.4, -0.2) is 33.7 Å². The zero-order chi connectivity index (χ0) is 19.2. The van der Waals surface area contributed by atoms with E-state index in [1.54, 1.807) is 31.2 Å². The largest absolute Gasteiger partial charge is 0.497 e. The van der Waals surface area contributed by atoms with Crippen LogP contribution in [0.5, 0.6) is 5.75 Å². The molecule has 0 aromatic heterocycles. The second-order valence-corrected chi connectivity index (χ2v) is 7.99. The number of benzene rings is 2. The minimum absolute atomic E-state index is 0.0967. The van der Waals surface area contributed by atoms with Gasteiger partial charge in [0.05, 0.1) is 24.6 Å². The molecule has 0 spiro atoms. The minimum Gasteiger partial charge on any atom is -0.497 e. The third-order valence-electron chi connectivity index (χ3n) is 4.03. The summed E-state index contributed by atoms with van der Waals surface area (Å²) in [5, 5.41) is 2.85. The Morgan fingerprint density at radius 3 is 2.27 bits per heavy atom. The highest BCUT2D eigenvalue weighted by atomic mass is 32.2. The minimum atomic E-state index is -3.60. The third kappa shape index (κ3) is 4.98. The van der Waals surface area contributed by atoms with Gasteiger partial charge in [0, 0.05) is 0 Å². The second kappa shape index (κ2) is 8.71. The Morgan fingerprint density at radius 1 is 1.12 bits per heavy atom. The van der Waals surface area contributed by atoms with Crippen molar-refractivity contribution in [3.8, 4) is 5.75 Å². The summed E-state index contributed by atoms with van der Waals surface area (Å²) in [6.45, 7) is 3.13. The number of nitrogens with one attached hydrogen (secondary N) is 1. The van der Waals surface area contributed by atoms with Crippen molar-refractivity contribution < 1.29 is 17.9 Å². The van der Waals surface area contributed by atoms with Gasteiger partial charge in [0.1, 0.15) is 12.3 Å². The van der Waals surface area contributed by atoms with Gasteiger partial charge in [0.15, 0.2) is 0 Å². The Morgan fingerprint density at radius 2 is 1.73 bits per heavy atom. The zero-order valence-corrected chi connectivity index (χ0v) is 16.0. The molecule has 0 aliphatic rings. The van der Waals surface area contributed by atoms with Crippen LogP contribution in [0, 0.1) is 0 Å². The summed E-state index contributed by atoms with van der Waals surface area (Å²) in [4.78, 5) is 12.5.